The van der Waals surface area contributed by atoms with E-state index in [2.05, 4.69) is 45.8 Å². The summed E-state index contributed by atoms with van der Waals surface area (Å²) in [6, 6.07) is 9.64. The molecule has 0 saturated heterocycles. The topological polar surface area (TPSA) is 33.1 Å². The summed E-state index contributed by atoms with van der Waals surface area (Å²) >= 11 is 0. The molecule has 0 fully saturated rings. The van der Waals surface area contributed by atoms with E-state index in [1.54, 1.807) is 6.07 Å². The summed E-state index contributed by atoms with van der Waals surface area (Å²) in [4.78, 5) is 4.46. The molecule has 20 heavy (non-hydrogen) atoms. The van der Waals surface area contributed by atoms with E-state index in [0.717, 1.165) is 23.0 Å². The van der Waals surface area contributed by atoms with Crippen molar-refractivity contribution < 1.29 is 5.11 Å². The van der Waals surface area contributed by atoms with Gasteiger partial charge in [0, 0.05) is 5.39 Å². The maximum Gasteiger partial charge on any atom is 0.137 e. The highest BCUT2D eigenvalue weighted by molar-refractivity contribution is 5.80. The second kappa shape index (κ2) is 10.0. The second-order valence-corrected chi connectivity index (χ2v) is 4.95. The molecule has 1 aromatic heterocycles. The van der Waals surface area contributed by atoms with Gasteiger partial charge in [-0.05, 0) is 24.5 Å². The van der Waals surface area contributed by atoms with Crippen LogP contribution in [-0.2, 0) is 6.42 Å². The lowest BCUT2D eigenvalue weighted by atomic mass is 10.1. The van der Waals surface area contributed by atoms with E-state index < -0.39 is 0 Å². The third kappa shape index (κ3) is 5.87. The first-order valence-electron chi connectivity index (χ1n) is 7.16. The van der Waals surface area contributed by atoms with Gasteiger partial charge in [0.1, 0.15) is 5.75 Å². The number of hydrogen-bond acceptors (Lipinski definition) is 2. The van der Waals surface area contributed by atoms with Crippen molar-refractivity contribution in [3.63, 3.8) is 0 Å². The largest absolute Gasteiger partial charge is 0.506 e. The van der Waals surface area contributed by atoms with E-state index >= 15 is 0 Å². The van der Waals surface area contributed by atoms with Crippen LogP contribution in [0.3, 0.4) is 0 Å². The van der Waals surface area contributed by atoms with Crippen LogP contribution < -0.4 is 0 Å². The van der Waals surface area contributed by atoms with Gasteiger partial charge in [0.25, 0.3) is 0 Å². The molecule has 0 bridgehead atoms. The molecule has 2 rings (SSSR count). The number of fused-ring (bicyclic) bond motifs is 1. The van der Waals surface area contributed by atoms with Crippen LogP contribution in [0.1, 0.15) is 39.8 Å². The molecule has 2 aromatic rings. The molecule has 0 radical (unpaired) electrons. The molecule has 0 spiro atoms. The Bertz CT molecular complexity index is 506. The summed E-state index contributed by atoms with van der Waals surface area (Å²) in [7, 11) is 0. The predicted molar refractivity (Wildman–Crippen MR) is 89.2 cm³/mol. The molecule has 1 N–H and O–H groups in total. The number of aromatic nitrogens is 1. The van der Waals surface area contributed by atoms with Crippen LogP contribution in [0, 0.1) is 5.92 Å². The zero-order valence-electron chi connectivity index (χ0n) is 13.2. The first-order valence-corrected chi connectivity index (χ1v) is 7.16. The lowest BCUT2D eigenvalue weighted by Gasteiger charge is -2.07. The van der Waals surface area contributed by atoms with Crippen molar-refractivity contribution in [1.82, 2.24) is 4.98 Å². The van der Waals surface area contributed by atoms with Crippen LogP contribution in [0.15, 0.2) is 43.5 Å². The number of rotatable bonds is 2. The van der Waals surface area contributed by atoms with E-state index in [1.807, 2.05) is 24.3 Å². The monoisotopic (exact) mass is 273 g/mol. The SMILES string of the molecule is C=C.CC(C)Cc1nc2ccccc2cc1O.CCC. The normalized spacial score (nSPS) is 9.45. The fourth-order valence-corrected chi connectivity index (χ4v) is 1.68. The third-order valence-electron chi connectivity index (χ3n) is 2.38. The first-order chi connectivity index (χ1) is 9.58. The molecule has 0 unspecified atom stereocenters. The minimum Gasteiger partial charge on any atom is -0.506 e. The van der Waals surface area contributed by atoms with Gasteiger partial charge in [-0.3, -0.25) is 0 Å². The summed E-state index contributed by atoms with van der Waals surface area (Å²) in [6.07, 6.45) is 2.07. The number of benzene rings is 1. The molecule has 0 aliphatic rings. The van der Waals surface area contributed by atoms with Gasteiger partial charge in [-0.25, -0.2) is 4.98 Å². The second-order valence-electron chi connectivity index (χ2n) is 4.95. The highest BCUT2D eigenvalue weighted by Gasteiger charge is 2.07. The minimum absolute atomic E-state index is 0.308. The molecular formula is C18H27NO. The number of pyridine rings is 1. The highest BCUT2D eigenvalue weighted by atomic mass is 16.3. The molecule has 0 aliphatic carbocycles. The van der Waals surface area contributed by atoms with Crippen molar-refractivity contribution in [3.8, 4) is 5.75 Å². The van der Waals surface area contributed by atoms with Crippen LogP contribution in [0.2, 0.25) is 0 Å². The lowest BCUT2D eigenvalue weighted by molar-refractivity contribution is 0.459. The fourth-order valence-electron chi connectivity index (χ4n) is 1.68. The minimum atomic E-state index is 0.308. The van der Waals surface area contributed by atoms with Crippen molar-refractivity contribution in [1.29, 1.82) is 0 Å². The fraction of sp³-hybridized carbons (Fsp3) is 0.389. The zero-order chi connectivity index (χ0) is 15.5. The molecule has 0 amide bonds. The van der Waals surface area contributed by atoms with Gasteiger partial charge in [0.2, 0.25) is 0 Å². The van der Waals surface area contributed by atoms with Crippen molar-refractivity contribution >= 4 is 10.9 Å². The standard InChI is InChI=1S/C13H15NO.C3H8.C2H4/c1-9(2)7-12-13(15)8-10-5-3-4-6-11(10)14-12;1-3-2;1-2/h3-6,8-9,15H,7H2,1-2H3;3H2,1-2H3;1-2H2. The maximum atomic E-state index is 9.79. The van der Waals surface area contributed by atoms with E-state index in [0.29, 0.717) is 11.7 Å². The molecule has 0 atom stereocenters. The molecular weight excluding hydrogens is 246 g/mol. The summed E-state index contributed by atoms with van der Waals surface area (Å²) in [5.41, 5.74) is 1.75. The third-order valence-corrected chi connectivity index (χ3v) is 2.38. The Kier molecular flexibility index (Phi) is 9.10. The van der Waals surface area contributed by atoms with Gasteiger partial charge in [0.05, 0.1) is 11.2 Å². The summed E-state index contributed by atoms with van der Waals surface area (Å²) in [5, 5.41) is 10.8. The Morgan fingerprint density at radius 1 is 1.15 bits per heavy atom. The Balaban J connectivity index is 0.000000641. The van der Waals surface area contributed by atoms with Crippen molar-refractivity contribution in [2.75, 3.05) is 0 Å². The van der Waals surface area contributed by atoms with Crippen LogP contribution in [0.4, 0.5) is 0 Å². The molecule has 2 heteroatoms. The zero-order valence-corrected chi connectivity index (χ0v) is 13.2. The van der Waals surface area contributed by atoms with Crippen molar-refractivity contribution in [3.05, 3.63) is 49.2 Å². The lowest BCUT2D eigenvalue weighted by Crippen LogP contribution is -1.98. The summed E-state index contributed by atoms with van der Waals surface area (Å²) in [5.74, 6) is 0.812. The molecule has 1 aromatic carbocycles. The molecule has 110 valence electrons. The van der Waals surface area contributed by atoms with Gasteiger partial charge >= 0.3 is 0 Å². The summed E-state index contributed by atoms with van der Waals surface area (Å²) in [6.45, 7) is 14.5. The van der Waals surface area contributed by atoms with E-state index in [9.17, 15) is 5.11 Å². The molecule has 2 nitrogen and oxygen atoms in total. The van der Waals surface area contributed by atoms with Crippen LogP contribution in [-0.4, -0.2) is 10.1 Å². The Morgan fingerprint density at radius 3 is 2.25 bits per heavy atom. The van der Waals surface area contributed by atoms with Gasteiger partial charge in [-0.1, -0.05) is 52.3 Å². The highest BCUT2D eigenvalue weighted by Crippen LogP contribution is 2.23. The Hall–Kier alpha value is -1.83. The van der Waals surface area contributed by atoms with Gasteiger partial charge < -0.3 is 5.11 Å². The van der Waals surface area contributed by atoms with Crippen LogP contribution in [0.25, 0.3) is 10.9 Å². The van der Waals surface area contributed by atoms with Crippen LogP contribution >= 0.6 is 0 Å². The summed E-state index contributed by atoms with van der Waals surface area (Å²) < 4.78 is 0. The molecule has 1 heterocycles. The number of aromatic hydroxyl groups is 1. The van der Waals surface area contributed by atoms with Crippen molar-refractivity contribution in [2.45, 2.75) is 40.5 Å². The van der Waals surface area contributed by atoms with E-state index in [4.69, 9.17) is 0 Å². The molecule has 0 aliphatic heterocycles. The maximum absolute atomic E-state index is 9.79. The Labute approximate surface area is 123 Å². The van der Waals surface area contributed by atoms with E-state index in [1.165, 1.54) is 6.42 Å². The average Bonchev–Trinajstić information content (AvgIpc) is 2.42. The first kappa shape index (κ1) is 18.2. The number of nitrogens with zero attached hydrogens (tertiary/aromatic N) is 1. The number of para-hydroxylation sites is 1. The smallest absolute Gasteiger partial charge is 0.137 e. The number of hydrogen-bond donors (Lipinski definition) is 1. The van der Waals surface area contributed by atoms with E-state index in [-0.39, 0.29) is 0 Å². The Morgan fingerprint density at radius 2 is 1.70 bits per heavy atom. The molecule has 0 saturated carbocycles. The van der Waals surface area contributed by atoms with Crippen molar-refractivity contribution in [2.24, 2.45) is 5.92 Å². The van der Waals surface area contributed by atoms with Gasteiger partial charge in [-0.2, -0.15) is 0 Å². The van der Waals surface area contributed by atoms with Gasteiger partial charge in [0.15, 0.2) is 0 Å². The van der Waals surface area contributed by atoms with Gasteiger partial charge in [-0.15, -0.1) is 13.2 Å². The predicted octanol–water partition coefficient (Wildman–Crippen LogP) is 5.36. The average molecular weight is 273 g/mol. The quantitative estimate of drug-likeness (QED) is 0.747. The van der Waals surface area contributed by atoms with Crippen LogP contribution in [0.5, 0.6) is 5.75 Å².